The van der Waals surface area contributed by atoms with Gasteiger partial charge < -0.3 is 10.8 Å². The number of rotatable bonds is 3. The van der Waals surface area contributed by atoms with Crippen LogP contribution in [0.15, 0.2) is 48.5 Å². The summed E-state index contributed by atoms with van der Waals surface area (Å²) < 4.78 is 0. The van der Waals surface area contributed by atoms with Gasteiger partial charge in [-0.1, -0.05) is 42.5 Å². The Hall–Kier alpha value is -2.29. The molecule has 0 unspecified atom stereocenters. The fourth-order valence-electron chi connectivity index (χ4n) is 1.79. The zero-order valence-corrected chi connectivity index (χ0v) is 9.35. The molecular formula is C14H14N2O. The van der Waals surface area contributed by atoms with Gasteiger partial charge in [0.15, 0.2) is 0 Å². The Kier molecular flexibility index (Phi) is 3.10. The highest BCUT2D eigenvalue weighted by atomic mass is 16.3. The Bertz CT molecular complexity index is 549. The first-order valence-electron chi connectivity index (χ1n) is 5.37. The average molecular weight is 226 g/mol. The van der Waals surface area contributed by atoms with Crippen LogP contribution >= 0.6 is 0 Å². The molecule has 86 valence electrons. The third kappa shape index (κ3) is 2.64. The summed E-state index contributed by atoms with van der Waals surface area (Å²) in [6, 6.07) is 14.9. The Morgan fingerprint density at radius 3 is 2.59 bits per heavy atom. The van der Waals surface area contributed by atoms with Crippen molar-refractivity contribution in [2.24, 2.45) is 5.73 Å². The van der Waals surface area contributed by atoms with E-state index in [2.05, 4.69) is 0 Å². The molecule has 17 heavy (non-hydrogen) atoms. The van der Waals surface area contributed by atoms with Gasteiger partial charge in [0.2, 0.25) is 0 Å². The van der Waals surface area contributed by atoms with Crippen LogP contribution < -0.4 is 5.73 Å². The van der Waals surface area contributed by atoms with Gasteiger partial charge in [-0.25, -0.2) is 0 Å². The summed E-state index contributed by atoms with van der Waals surface area (Å²) in [7, 11) is 0. The summed E-state index contributed by atoms with van der Waals surface area (Å²) in [6.45, 7) is 0. The monoisotopic (exact) mass is 226 g/mol. The molecule has 0 fully saturated rings. The van der Waals surface area contributed by atoms with Crippen molar-refractivity contribution in [3.63, 3.8) is 0 Å². The first-order chi connectivity index (χ1) is 8.16. The number of hydrogen-bond donors (Lipinski definition) is 3. The lowest BCUT2D eigenvalue weighted by atomic mass is 10.0. The van der Waals surface area contributed by atoms with E-state index in [1.165, 1.54) is 0 Å². The molecule has 0 spiro atoms. The predicted molar refractivity (Wildman–Crippen MR) is 69.2 cm³/mol. The van der Waals surface area contributed by atoms with Gasteiger partial charge in [0.1, 0.15) is 5.75 Å². The van der Waals surface area contributed by atoms with Crippen LogP contribution in [0.2, 0.25) is 0 Å². The quantitative estimate of drug-likeness (QED) is 0.556. The van der Waals surface area contributed by atoms with Crippen LogP contribution in [0.1, 0.15) is 5.56 Å². The van der Waals surface area contributed by atoms with Crippen molar-refractivity contribution in [1.29, 1.82) is 5.41 Å². The SMILES string of the molecule is N=C(N)Cc1cccc(-c2ccccc2O)c1. The first-order valence-corrected chi connectivity index (χ1v) is 5.37. The largest absolute Gasteiger partial charge is 0.507 e. The van der Waals surface area contributed by atoms with Crippen molar-refractivity contribution in [3.05, 3.63) is 54.1 Å². The Morgan fingerprint density at radius 2 is 1.88 bits per heavy atom. The molecule has 0 aliphatic heterocycles. The number of phenolic OH excluding ortho intramolecular Hbond substituents is 1. The summed E-state index contributed by atoms with van der Waals surface area (Å²) in [4.78, 5) is 0. The van der Waals surface area contributed by atoms with Crippen LogP contribution in [0.25, 0.3) is 11.1 Å². The second-order valence-corrected chi connectivity index (χ2v) is 3.92. The van der Waals surface area contributed by atoms with Crippen LogP contribution in [-0.2, 0) is 6.42 Å². The van der Waals surface area contributed by atoms with Crippen LogP contribution in [0.5, 0.6) is 5.75 Å². The number of aromatic hydroxyl groups is 1. The van der Waals surface area contributed by atoms with Crippen molar-refractivity contribution >= 4 is 5.84 Å². The van der Waals surface area contributed by atoms with Gasteiger partial charge in [0, 0.05) is 12.0 Å². The Balaban J connectivity index is 2.40. The maximum Gasteiger partial charge on any atom is 0.123 e. The molecule has 3 heteroatoms. The third-order valence-corrected chi connectivity index (χ3v) is 2.54. The fourth-order valence-corrected chi connectivity index (χ4v) is 1.79. The van der Waals surface area contributed by atoms with Gasteiger partial charge in [0.05, 0.1) is 5.84 Å². The number of benzene rings is 2. The van der Waals surface area contributed by atoms with Crippen LogP contribution in [0, 0.1) is 5.41 Å². The van der Waals surface area contributed by atoms with E-state index in [9.17, 15) is 5.11 Å². The molecule has 2 rings (SSSR count). The molecule has 0 aliphatic rings. The zero-order chi connectivity index (χ0) is 12.3. The van der Waals surface area contributed by atoms with E-state index in [-0.39, 0.29) is 11.6 Å². The van der Waals surface area contributed by atoms with E-state index in [0.29, 0.717) is 6.42 Å². The second kappa shape index (κ2) is 4.70. The number of para-hydroxylation sites is 1. The topological polar surface area (TPSA) is 70.1 Å². The standard InChI is InChI=1S/C14H14N2O/c15-14(16)9-10-4-3-5-11(8-10)12-6-1-2-7-13(12)17/h1-8,17H,9H2,(H3,15,16). The molecule has 4 N–H and O–H groups in total. The Morgan fingerprint density at radius 1 is 1.12 bits per heavy atom. The lowest BCUT2D eigenvalue weighted by Gasteiger charge is -2.06. The molecule has 0 atom stereocenters. The number of hydrogen-bond acceptors (Lipinski definition) is 2. The molecular weight excluding hydrogens is 212 g/mol. The number of nitrogens with one attached hydrogen (secondary N) is 1. The molecule has 0 radical (unpaired) electrons. The molecule has 0 heterocycles. The fraction of sp³-hybridized carbons (Fsp3) is 0.0714. The maximum atomic E-state index is 9.77. The van der Waals surface area contributed by atoms with Gasteiger partial charge in [-0.3, -0.25) is 5.41 Å². The predicted octanol–water partition coefficient (Wildman–Crippen LogP) is 2.54. The normalized spacial score (nSPS) is 10.1. The summed E-state index contributed by atoms with van der Waals surface area (Å²) in [5.74, 6) is 0.395. The van der Waals surface area contributed by atoms with Gasteiger partial charge in [0.25, 0.3) is 0 Å². The highest BCUT2D eigenvalue weighted by Gasteiger charge is 2.04. The lowest BCUT2D eigenvalue weighted by Crippen LogP contribution is -2.12. The summed E-state index contributed by atoms with van der Waals surface area (Å²) in [5, 5.41) is 17.0. The number of amidine groups is 1. The maximum absolute atomic E-state index is 9.77. The highest BCUT2D eigenvalue weighted by molar-refractivity contribution is 5.80. The summed E-state index contributed by atoms with van der Waals surface area (Å²) in [6.07, 6.45) is 0.432. The van der Waals surface area contributed by atoms with E-state index >= 15 is 0 Å². The molecule has 0 amide bonds. The highest BCUT2D eigenvalue weighted by Crippen LogP contribution is 2.28. The molecule has 0 saturated heterocycles. The van der Waals surface area contributed by atoms with Crippen molar-refractivity contribution in [1.82, 2.24) is 0 Å². The Labute approximate surface area is 100 Å². The minimum atomic E-state index is 0.138. The van der Waals surface area contributed by atoms with Gasteiger partial charge >= 0.3 is 0 Å². The summed E-state index contributed by atoms with van der Waals surface area (Å²) >= 11 is 0. The van der Waals surface area contributed by atoms with Crippen molar-refractivity contribution in [2.45, 2.75) is 6.42 Å². The van der Waals surface area contributed by atoms with E-state index in [0.717, 1.165) is 16.7 Å². The molecule has 0 bridgehead atoms. The molecule has 2 aromatic rings. The van der Waals surface area contributed by atoms with E-state index in [1.807, 2.05) is 36.4 Å². The van der Waals surface area contributed by atoms with Crippen molar-refractivity contribution in [2.75, 3.05) is 0 Å². The first kappa shape index (κ1) is 11.2. The third-order valence-electron chi connectivity index (χ3n) is 2.54. The number of nitrogens with two attached hydrogens (primary N) is 1. The van der Waals surface area contributed by atoms with Gasteiger partial charge in [-0.05, 0) is 17.2 Å². The van der Waals surface area contributed by atoms with Crippen LogP contribution in [-0.4, -0.2) is 10.9 Å². The molecule has 0 saturated carbocycles. The molecule has 2 aromatic carbocycles. The molecule has 3 nitrogen and oxygen atoms in total. The van der Waals surface area contributed by atoms with Crippen molar-refractivity contribution in [3.8, 4) is 16.9 Å². The molecule has 0 aliphatic carbocycles. The summed E-state index contributed by atoms with van der Waals surface area (Å²) in [5.41, 5.74) is 8.07. The van der Waals surface area contributed by atoms with Crippen LogP contribution in [0.4, 0.5) is 0 Å². The van der Waals surface area contributed by atoms with E-state index in [1.54, 1.807) is 12.1 Å². The average Bonchev–Trinajstić information content (AvgIpc) is 2.29. The minimum Gasteiger partial charge on any atom is -0.507 e. The van der Waals surface area contributed by atoms with Gasteiger partial charge in [-0.15, -0.1) is 0 Å². The minimum absolute atomic E-state index is 0.138. The van der Waals surface area contributed by atoms with Crippen LogP contribution in [0.3, 0.4) is 0 Å². The smallest absolute Gasteiger partial charge is 0.123 e. The van der Waals surface area contributed by atoms with E-state index < -0.39 is 0 Å². The van der Waals surface area contributed by atoms with Gasteiger partial charge in [-0.2, -0.15) is 0 Å². The molecule has 0 aromatic heterocycles. The van der Waals surface area contributed by atoms with E-state index in [4.69, 9.17) is 11.1 Å². The number of phenols is 1. The van der Waals surface area contributed by atoms with Crippen molar-refractivity contribution < 1.29 is 5.11 Å². The zero-order valence-electron chi connectivity index (χ0n) is 9.35. The second-order valence-electron chi connectivity index (χ2n) is 3.92. The lowest BCUT2D eigenvalue weighted by molar-refractivity contribution is 0.477.